The fourth-order valence-electron chi connectivity index (χ4n) is 1.69. The molecule has 0 amide bonds. The minimum atomic E-state index is -3.76. The van der Waals surface area contributed by atoms with E-state index < -0.39 is 10.0 Å². The van der Waals surface area contributed by atoms with Gasteiger partial charge in [-0.05, 0) is 19.1 Å². The average molecular weight is 323 g/mol. The molecule has 1 aromatic heterocycles. The van der Waals surface area contributed by atoms with Crippen LogP contribution < -0.4 is 4.72 Å². The Hall–Kier alpha value is -2.06. The number of benzene rings is 1. The van der Waals surface area contributed by atoms with Crippen molar-refractivity contribution >= 4 is 15.8 Å². The minimum Gasteiger partial charge on any atom is -0.424 e. The molecule has 0 unspecified atom stereocenters. The summed E-state index contributed by atoms with van der Waals surface area (Å²) in [6.45, 7) is 5.07. The van der Waals surface area contributed by atoms with Gasteiger partial charge in [-0.15, -0.1) is 10.2 Å². The molecule has 7 nitrogen and oxygen atoms in total. The van der Waals surface area contributed by atoms with Crippen molar-refractivity contribution in [1.29, 1.82) is 0 Å². The van der Waals surface area contributed by atoms with E-state index in [9.17, 15) is 13.2 Å². The largest absolute Gasteiger partial charge is 0.424 e. The highest BCUT2D eigenvalue weighted by atomic mass is 32.2. The molecule has 2 rings (SSSR count). The van der Waals surface area contributed by atoms with Gasteiger partial charge in [0.15, 0.2) is 5.78 Å². The van der Waals surface area contributed by atoms with Crippen molar-refractivity contribution in [2.24, 2.45) is 0 Å². The van der Waals surface area contributed by atoms with Gasteiger partial charge in [-0.25, -0.2) is 13.1 Å². The fraction of sp³-hybridized carbons (Fsp3) is 0.357. The first-order valence-corrected chi connectivity index (χ1v) is 8.21. The van der Waals surface area contributed by atoms with Crippen LogP contribution in [-0.2, 0) is 16.6 Å². The lowest BCUT2D eigenvalue weighted by Crippen LogP contribution is -2.23. The maximum Gasteiger partial charge on any atom is 0.241 e. The van der Waals surface area contributed by atoms with Crippen LogP contribution in [0, 0.1) is 0 Å². The lowest BCUT2D eigenvalue weighted by Gasteiger charge is -2.06. The number of carbonyl (C=O) groups is 1. The Morgan fingerprint density at radius 1 is 1.32 bits per heavy atom. The maximum atomic E-state index is 12.2. The molecular weight excluding hydrogens is 306 g/mol. The van der Waals surface area contributed by atoms with Gasteiger partial charge >= 0.3 is 0 Å². The van der Waals surface area contributed by atoms with Gasteiger partial charge in [0.2, 0.25) is 21.8 Å². The number of hydrogen-bond donors (Lipinski definition) is 1. The van der Waals surface area contributed by atoms with Gasteiger partial charge in [-0.2, -0.15) is 0 Å². The zero-order valence-electron chi connectivity index (χ0n) is 12.5. The Morgan fingerprint density at radius 2 is 2.05 bits per heavy atom. The third kappa shape index (κ3) is 3.77. The highest BCUT2D eigenvalue weighted by Crippen LogP contribution is 2.14. The molecule has 0 atom stereocenters. The predicted molar refractivity (Wildman–Crippen MR) is 78.9 cm³/mol. The summed E-state index contributed by atoms with van der Waals surface area (Å²) < 4.78 is 32.1. The second-order valence-corrected chi connectivity index (χ2v) is 6.86. The van der Waals surface area contributed by atoms with E-state index in [1.54, 1.807) is 6.07 Å². The normalized spacial score (nSPS) is 11.8. The van der Waals surface area contributed by atoms with Crippen LogP contribution in [0.25, 0.3) is 0 Å². The van der Waals surface area contributed by atoms with Gasteiger partial charge in [0.25, 0.3) is 0 Å². The fourth-order valence-corrected chi connectivity index (χ4v) is 2.71. The van der Waals surface area contributed by atoms with Gasteiger partial charge in [0, 0.05) is 11.5 Å². The van der Waals surface area contributed by atoms with Crippen LogP contribution in [0.2, 0.25) is 0 Å². The quantitative estimate of drug-likeness (QED) is 0.814. The SMILES string of the molecule is CC(=O)c1cccc(S(=O)(=O)NCc2nnc(C(C)C)o2)c1. The molecule has 0 bridgehead atoms. The summed E-state index contributed by atoms with van der Waals surface area (Å²) in [5.41, 5.74) is 0.336. The van der Waals surface area contributed by atoms with Gasteiger partial charge in [-0.3, -0.25) is 4.79 Å². The van der Waals surface area contributed by atoms with Crippen molar-refractivity contribution in [2.75, 3.05) is 0 Å². The molecule has 0 radical (unpaired) electrons. The summed E-state index contributed by atoms with van der Waals surface area (Å²) in [6.07, 6.45) is 0. The molecule has 1 heterocycles. The predicted octanol–water partition coefficient (Wildman–Crippen LogP) is 1.87. The van der Waals surface area contributed by atoms with Crippen LogP contribution >= 0.6 is 0 Å². The standard InChI is InChI=1S/C14H17N3O4S/c1-9(2)14-17-16-13(21-14)8-15-22(19,20)12-6-4-5-11(7-12)10(3)18/h4-7,9,15H,8H2,1-3H3. The third-order valence-electron chi connectivity index (χ3n) is 2.94. The molecule has 1 aromatic carbocycles. The molecule has 2 aromatic rings. The van der Waals surface area contributed by atoms with E-state index in [0.717, 1.165) is 0 Å². The summed E-state index contributed by atoms with van der Waals surface area (Å²) in [5, 5.41) is 7.61. The Bertz CT molecular complexity index is 781. The maximum absolute atomic E-state index is 12.2. The Labute approximate surface area is 128 Å². The summed E-state index contributed by atoms with van der Waals surface area (Å²) in [4.78, 5) is 11.3. The van der Waals surface area contributed by atoms with Gasteiger partial charge in [0.1, 0.15) is 0 Å². The molecule has 1 N–H and O–H groups in total. The van der Waals surface area contributed by atoms with E-state index >= 15 is 0 Å². The Kier molecular flexibility index (Phi) is 4.72. The van der Waals surface area contributed by atoms with Crippen molar-refractivity contribution in [3.05, 3.63) is 41.6 Å². The van der Waals surface area contributed by atoms with E-state index in [1.165, 1.54) is 25.1 Å². The van der Waals surface area contributed by atoms with Gasteiger partial charge in [0.05, 0.1) is 11.4 Å². The first kappa shape index (κ1) is 16.3. The molecule has 0 saturated heterocycles. The van der Waals surface area contributed by atoms with Crippen molar-refractivity contribution in [2.45, 2.75) is 38.1 Å². The van der Waals surface area contributed by atoms with Gasteiger partial charge in [-0.1, -0.05) is 26.0 Å². The van der Waals surface area contributed by atoms with E-state index in [4.69, 9.17) is 4.42 Å². The van der Waals surface area contributed by atoms with Crippen molar-refractivity contribution < 1.29 is 17.6 Å². The number of sulfonamides is 1. The van der Waals surface area contributed by atoms with Crippen LogP contribution in [0.15, 0.2) is 33.6 Å². The van der Waals surface area contributed by atoms with E-state index in [1.807, 2.05) is 13.8 Å². The lowest BCUT2D eigenvalue weighted by atomic mass is 10.2. The number of rotatable bonds is 6. The molecule has 0 aliphatic heterocycles. The zero-order valence-corrected chi connectivity index (χ0v) is 13.3. The molecule has 0 saturated carbocycles. The number of aromatic nitrogens is 2. The van der Waals surface area contributed by atoms with Crippen LogP contribution in [0.3, 0.4) is 0 Å². The number of carbonyl (C=O) groups excluding carboxylic acids is 1. The molecule has 0 fully saturated rings. The van der Waals surface area contributed by atoms with E-state index in [0.29, 0.717) is 11.5 Å². The molecule has 0 spiro atoms. The topological polar surface area (TPSA) is 102 Å². The summed E-state index contributed by atoms with van der Waals surface area (Å²) in [5.74, 6) is 0.517. The molecule has 118 valence electrons. The Morgan fingerprint density at radius 3 is 2.64 bits per heavy atom. The smallest absolute Gasteiger partial charge is 0.241 e. The summed E-state index contributed by atoms with van der Waals surface area (Å²) >= 11 is 0. The molecule has 22 heavy (non-hydrogen) atoms. The molecule has 8 heteroatoms. The first-order valence-electron chi connectivity index (χ1n) is 6.72. The second-order valence-electron chi connectivity index (χ2n) is 5.10. The van der Waals surface area contributed by atoms with Crippen molar-refractivity contribution in [3.63, 3.8) is 0 Å². The molecule has 0 aliphatic carbocycles. The number of hydrogen-bond acceptors (Lipinski definition) is 6. The van der Waals surface area contributed by atoms with Gasteiger partial charge < -0.3 is 4.42 Å². The highest BCUT2D eigenvalue weighted by molar-refractivity contribution is 7.89. The molecular formula is C14H17N3O4S. The first-order chi connectivity index (χ1) is 10.3. The number of nitrogens with zero attached hydrogens (tertiary/aromatic N) is 2. The highest BCUT2D eigenvalue weighted by Gasteiger charge is 2.17. The van der Waals surface area contributed by atoms with Crippen LogP contribution in [0.5, 0.6) is 0 Å². The number of ketones is 1. The summed E-state index contributed by atoms with van der Waals surface area (Å²) in [6, 6.07) is 5.84. The lowest BCUT2D eigenvalue weighted by molar-refractivity contribution is 0.101. The van der Waals surface area contributed by atoms with Crippen molar-refractivity contribution in [1.82, 2.24) is 14.9 Å². The number of nitrogens with one attached hydrogen (secondary N) is 1. The van der Waals surface area contributed by atoms with Crippen LogP contribution in [-0.4, -0.2) is 24.4 Å². The Balaban J connectivity index is 2.13. The summed E-state index contributed by atoms with van der Waals surface area (Å²) in [7, 11) is -3.76. The van der Waals surface area contributed by atoms with E-state index in [2.05, 4.69) is 14.9 Å². The minimum absolute atomic E-state index is 0.0174. The van der Waals surface area contributed by atoms with Crippen LogP contribution in [0.4, 0.5) is 0 Å². The number of Topliss-reactive ketones (excluding diaryl/α,β-unsaturated/α-hetero) is 1. The monoisotopic (exact) mass is 323 g/mol. The second kappa shape index (κ2) is 6.37. The van der Waals surface area contributed by atoms with Crippen LogP contribution in [0.1, 0.15) is 48.8 Å². The average Bonchev–Trinajstić information content (AvgIpc) is 2.94. The zero-order chi connectivity index (χ0) is 16.3. The van der Waals surface area contributed by atoms with E-state index in [-0.39, 0.29) is 29.0 Å². The molecule has 0 aliphatic rings. The van der Waals surface area contributed by atoms with Crippen molar-refractivity contribution in [3.8, 4) is 0 Å². The third-order valence-corrected chi connectivity index (χ3v) is 4.34.